The highest BCUT2D eigenvalue weighted by molar-refractivity contribution is 7.18. The summed E-state index contributed by atoms with van der Waals surface area (Å²) in [6.07, 6.45) is 1.64. The van der Waals surface area contributed by atoms with Crippen LogP contribution >= 0.6 is 11.3 Å². The molecule has 3 aromatic rings. The van der Waals surface area contributed by atoms with Gasteiger partial charge in [0.2, 0.25) is 5.13 Å². The Morgan fingerprint density at radius 3 is 2.47 bits per heavy atom. The number of amides is 1. The molecule has 0 unspecified atom stereocenters. The molecule has 0 aliphatic rings. The van der Waals surface area contributed by atoms with Crippen LogP contribution in [0, 0.1) is 5.82 Å². The fourth-order valence-electron chi connectivity index (χ4n) is 3.17. The molecule has 1 heterocycles. The minimum absolute atomic E-state index is 0.00943. The van der Waals surface area contributed by atoms with Gasteiger partial charge in [0.05, 0.1) is 12.1 Å². The van der Waals surface area contributed by atoms with Gasteiger partial charge in [-0.2, -0.15) is 0 Å². The van der Waals surface area contributed by atoms with Crippen LogP contribution in [0.5, 0.6) is 0 Å². The first-order chi connectivity index (χ1) is 15.4. The Bertz CT molecular complexity index is 1070. The number of carboxylic acids is 1. The number of nitrogens with zero attached hydrogens (tertiary/aromatic N) is 4. The Hall–Kier alpha value is -3.17. The van der Waals surface area contributed by atoms with Gasteiger partial charge < -0.3 is 5.11 Å². The van der Waals surface area contributed by atoms with Crippen LogP contribution in [0.25, 0.3) is 10.6 Å². The van der Waals surface area contributed by atoms with Gasteiger partial charge in [-0.25, -0.2) is 4.39 Å². The molecule has 0 saturated carbocycles. The van der Waals surface area contributed by atoms with Crippen LogP contribution in [0.4, 0.5) is 9.52 Å². The zero-order chi connectivity index (χ0) is 23.1. The SMILES string of the molecule is CCCCN(C(=O)c1ccccc1F)c1nnc(-c2ccc(CN(C)CC(=O)O)cc2)s1. The summed E-state index contributed by atoms with van der Waals surface area (Å²) in [7, 11) is 1.75. The summed E-state index contributed by atoms with van der Waals surface area (Å²) in [5.41, 5.74) is 1.82. The van der Waals surface area contributed by atoms with Crippen molar-refractivity contribution < 1.29 is 19.1 Å². The lowest BCUT2D eigenvalue weighted by Gasteiger charge is -2.19. The van der Waals surface area contributed by atoms with E-state index >= 15 is 0 Å². The number of halogens is 1. The van der Waals surface area contributed by atoms with Crippen molar-refractivity contribution in [3.8, 4) is 10.6 Å². The summed E-state index contributed by atoms with van der Waals surface area (Å²) in [5, 5.41) is 18.4. The molecule has 0 atom stereocenters. The van der Waals surface area contributed by atoms with Crippen molar-refractivity contribution in [3.05, 3.63) is 65.5 Å². The number of hydrogen-bond donors (Lipinski definition) is 1. The maximum absolute atomic E-state index is 14.2. The number of hydrogen-bond acceptors (Lipinski definition) is 6. The fourth-order valence-corrected chi connectivity index (χ4v) is 4.05. The van der Waals surface area contributed by atoms with Gasteiger partial charge in [-0.15, -0.1) is 10.2 Å². The van der Waals surface area contributed by atoms with Gasteiger partial charge in [0, 0.05) is 18.7 Å². The van der Waals surface area contributed by atoms with Gasteiger partial charge in [-0.3, -0.25) is 19.4 Å². The number of carboxylic acid groups (broad SMARTS) is 1. The Morgan fingerprint density at radius 1 is 1.09 bits per heavy atom. The molecule has 0 fully saturated rings. The minimum Gasteiger partial charge on any atom is -0.480 e. The molecule has 2 aromatic carbocycles. The van der Waals surface area contributed by atoms with E-state index in [1.54, 1.807) is 24.1 Å². The van der Waals surface area contributed by atoms with Crippen molar-refractivity contribution in [2.24, 2.45) is 0 Å². The third-order valence-corrected chi connectivity index (χ3v) is 5.78. The van der Waals surface area contributed by atoms with Crippen molar-refractivity contribution in [1.82, 2.24) is 15.1 Å². The molecule has 1 N–H and O–H groups in total. The first kappa shape index (κ1) is 23.5. The van der Waals surface area contributed by atoms with Crippen molar-refractivity contribution in [1.29, 1.82) is 0 Å². The molecule has 32 heavy (non-hydrogen) atoms. The normalized spacial score (nSPS) is 11.0. The van der Waals surface area contributed by atoms with E-state index in [0.717, 1.165) is 24.0 Å². The molecule has 7 nitrogen and oxygen atoms in total. The lowest BCUT2D eigenvalue weighted by Crippen LogP contribution is -2.32. The molecular weight excluding hydrogens is 431 g/mol. The third-order valence-electron chi connectivity index (χ3n) is 4.79. The highest BCUT2D eigenvalue weighted by Crippen LogP contribution is 2.30. The number of likely N-dealkylation sites (N-methyl/N-ethyl adjacent to an activating group) is 1. The zero-order valence-electron chi connectivity index (χ0n) is 18.0. The highest BCUT2D eigenvalue weighted by Gasteiger charge is 2.23. The molecule has 1 aromatic heterocycles. The van der Waals surface area contributed by atoms with E-state index in [1.807, 2.05) is 31.2 Å². The topological polar surface area (TPSA) is 86.6 Å². The standard InChI is InChI=1S/C23H25FN4O3S/c1-3-4-13-28(22(31)18-7-5-6-8-19(18)24)23-26-25-21(32-23)17-11-9-16(10-12-17)14-27(2)15-20(29)30/h5-12H,3-4,13-15H2,1-2H3,(H,29,30). The summed E-state index contributed by atoms with van der Waals surface area (Å²) in [4.78, 5) is 27.0. The average Bonchev–Trinajstić information content (AvgIpc) is 3.24. The Kier molecular flexibility index (Phi) is 8.02. The van der Waals surface area contributed by atoms with Crippen molar-refractivity contribution in [2.45, 2.75) is 26.3 Å². The highest BCUT2D eigenvalue weighted by atomic mass is 32.1. The van der Waals surface area contributed by atoms with Crippen LogP contribution in [0.15, 0.2) is 48.5 Å². The lowest BCUT2D eigenvalue weighted by molar-refractivity contribution is -0.138. The summed E-state index contributed by atoms with van der Waals surface area (Å²) < 4.78 is 14.2. The molecule has 0 bridgehead atoms. The molecule has 9 heteroatoms. The number of unbranched alkanes of at least 4 members (excludes halogenated alkanes) is 1. The molecule has 0 aliphatic heterocycles. The summed E-state index contributed by atoms with van der Waals surface area (Å²) in [6, 6.07) is 13.5. The monoisotopic (exact) mass is 456 g/mol. The molecule has 0 spiro atoms. The van der Waals surface area contributed by atoms with Crippen molar-refractivity contribution in [3.63, 3.8) is 0 Å². The second kappa shape index (κ2) is 10.9. The van der Waals surface area contributed by atoms with E-state index < -0.39 is 17.7 Å². The van der Waals surface area contributed by atoms with E-state index in [0.29, 0.717) is 23.2 Å². The van der Waals surface area contributed by atoms with Crippen LogP contribution in [-0.4, -0.2) is 52.2 Å². The number of anilines is 1. The third kappa shape index (κ3) is 5.95. The first-order valence-corrected chi connectivity index (χ1v) is 11.1. The van der Waals surface area contributed by atoms with Crippen LogP contribution < -0.4 is 4.90 Å². The molecule has 3 rings (SSSR count). The minimum atomic E-state index is -0.872. The second-order valence-electron chi connectivity index (χ2n) is 7.44. The van der Waals surface area contributed by atoms with Crippen LogP contribution in [0.2, 0.25) is 0 Å². The molecule has 168 valence electrons. The molecule has 0 aliphatic carbocycles. The van der Waals surface area contributed by atoms with E-state index in [9.17, 15) is 14.0 Å². The number of carbonyl (C=O) groups excluding carboxylic acids is 1. The summed E-state index contributed by atoms with van der Waals surface area (Å²) in [5.74, 6) is -1.87. The van der Waals surface area contributed by atoms with Gasteiger partial charge in [0.15, 0.2) is 0 Å². The van der Waals surface area contributed by atoms with Gasteiger partial charge in [0.1, 0.15) is 10.8 Å². The predicted molar refractivity (Wildman–Crippen MR) is 122 cm³/mol. The number of benzene rings is 2. The van der Waals surface area contributed by atoms with Gasteiger partial charge in [-0.1, -0.05) is 61.1 Å². The Balaban J connectivity index is 1.79. The first-order valence-electron chi connectivity index (χ1n) is 10.3. The lowest BCUT2D eigenvalue weighted by atomic mass is 10.1. The molecule has 0 saturated heterocycles. The Morgan fingerprint density at radius 2 is 1.81 bits per heavy atom. The van der Waals surface area contributed by atoms with Gasteiger partial charge >= 0.3 is 5.97 Å². The fraction of sp³-hybridized carbons (Fsp3) is 0.304. The number of rotatable bonds is 10. The average molecular weight is 457 g/mol. The number of aliphatic carboxylic acids is 1. The smallest absolute Gasteiger partial charge is 0.317 e. The van der Waals surface area contributed by atoms with E-state index in [2.05, 4.69) is 10.2 Å². The van der Waals surface area contributed by atoms with Crippen LogP contribution in [0.3, 0.4) is 0 Å². The largest absolute Gasteiger partial charge is 0.480 e. The molecule has 1 amide bonds. The Labute approximate surface area is 190 Å². The number of carbonyl (C=O) groups is 2. The predicted octanol–water partition coefficient (Wildman–Crippen LogP) is 4.31. The maximum Gasteiger partial charge on any atom is 0.317 e. The summed E-state index contributed by atoms with van der Waals surface area (Å²) in [6.45, 7) is 2.92. The second-order valence-corrected chi connectivity index (χ2v) is 8.40. The summed E-state index contributed by atoms with van der Waals surface area (Å²) >= 11 is 1.27. The van der Waals surface area contributed by atoms with Crippen molar-refractivity contribution >= 4 is 28.3 Å². The van der Waals surface area contributed by atoms with E-state index in [1.165, 1.54) is 28.4 Å². The van der Waals surface area contributed by atoms with E-state index in [-0.39, 0.29) is 12.1 Å². The maximum atomic E-state index is 14.2. The van der Waals surface area contributed by atoms with E-state index in [4.69, 9.17) is 5.11 Å². The molecule has 0 radical (unpaired) electrons. The number of aromatic nitrogens is 2. The van der Waals surface area contributed by atoms with Crippen molar-refractivity contribution in [2.75, 3.05) is 25.0 Å². The van der Waals surface area contributed by atoms with Gasteiger partial charge in [-0.05, 0) is 31.2 Å². The van der Waals surface area contributed by atoms with Crippen LogP contribution in [0.1, 0.15) is 35.7 Å². The van der Waals surface area contributed by atoms with Gasteiger partial charge in [0.25, 0.3) is 5.91 Å². The van der Waals surface area contributed by atoms with Crippen LogP contribution in [-0.2, 0) is 11.3 Å². The zero-order valence-corrected chi connectivity index (χ0v) is 18.8. The molecular formula is C23H25FN4O3S. The quantitative estimate of drug-likeness (QED) is 0.489.